The van der Waals surface area contributed by atoms with Crippen LogP contribution >= 0.6 is 0 Å². The van der Waals surface area contributed by atoms with Crippen molar-refractivity contribution >= 4 is 17.4 Å². The molecule has 1 saturated carbocycles. The standard InChI is InChI=1S/C13H14F3N3O2/c14-13(15,16)8-4-5-10(9(6-8)11(17)19-21)18-12(20)7-2-1-3-7/h4-7,21H,1-3H2,(H2,17,19)(H,18,20). The molecule has 1 aliphatic carbocycles. The zero-order valence-electron chi connectivity index (χ0n) is 10.9. The van der Waals surface area contributed by atoms with Gasteiger partial charge in [0.2, 0.25) is 5.91 Å². The van der Waals surface area contributed by atoms with E-state index in [1.165, 1.54) is 0 Å². The SMILES string of the molecule is N/C(=N/O)c1cc(C(F)(F)F)ccc1NC(=O)C1CCC1. The number of alkyl halides is 3. The molecule has 21 heavy (non-hydrogen) atoms. The van der Waals surface area contributed by atoms with Gasteiger partial charge < -0.3 is 16.3 Å². The van der Waals surface area contributed by atoms with Gasteiger partial charge in [-0.2, -0.15) is 13.2 Å². The summed E-state index contributed by atoms with van der Waals surface area (Å²) in [5, 5.41) is 13.9. The van der Waals surface area contributed by atoms with Crippen LogP contribution in [0.3, 0.4) is 0 Å². The summed E-state index contributed by atoms with van der Waals surface area (Å²) in [7, 11) is 0. The van der Waals surface area contributed by atoms with E-state index in [0.29, 0.717) is 0 Å². The Morgan fingerprint density at radius 2 is 2.05 bits per heavy atom. The highest BCUT2D eigenvalue weighted by atomic mass is 19.4. The lowest BCUT2D eigenvalue weighted by Gasteiger charge is -2.24. The monoisotopic (exact) mass is 301 g/mol. The van der Waals surface area contributed by atoms with Crippen molar-refractivity contribution in [1.29, 1.82) is 0 Å². The summed E-state index contributed by atoms with van der Waals surface area (Å²) in [5.74, 6) is -0.898. The highest BCUT2D eigenvalue weighted by Gasteiger charge is 2.32. The van der Waals surface area contributed by atoms with E-state index in [4.69, 9.17) is 10.9 Å². The summed E-state index contributed by atoms with van der Waals surface area (Å²) in [5.41, 5.74) is 4.37. The van der Waals surface area contributed by atoms with Crippen LogP contribution in [0.1, 0.15) is 30.4 Å². The van der Waals surface area contributed by atoms with E-state index >= 15 is 0 Å². The molecule has 0 radical (unpaired) electrons. The predicted molar refractivity (Wildman–Crippen MR) is 69.9 cm³/mol. The molecule has 0 unspecified atom stereocenters. The molecule has 1 aromatic rings. The summed E-state index contributed by atoms with van der Waals surface area (Å²) >= 11 is 0. The van der Waals surface area contributed by atoms with Crippen molar-refractivity contribution in [2.24, 2.45) is 16.8 Å². The molecule has 0 aromatic heterocycles. The minimum absolute atomic E-state index is 0.0928. The first-order valence-corrected chi connectivity index (χ1v) is 6.33. The van der Waals surface area contributed by atoms with E-state index in [0.717, 1.165) is 37.5 Å². The quantitative estimate of drug-likeness (QED) is 0.347. The maximum absolute atomic E-state index is 12.7. The summed E-state index contributed by atoms with van der Waals surface area (Å²) in [6.07, 6.45) is -2.09. The zero-order chi connectivity index (χ0) is 15.6. The number of nitrogens with two attached hydrogens (primary N) is 1. The Morgan fingerprint density at radius 1 is 1.38 bits per heavy atom. The first kappa shape index (κ1) is 15.1. The van der Waals surface area contributed by atoms with Gasteiger partial charge >= 0.3 is 6.18 Å². The Labute approximate surface area is 118 Å². The van der Waals surface area contributed by atoms with E-state index in [-0.39, 0.29) is 23.1 Å². The van der Waals surface area contributed by atoms with Crippen LogP contribution < -0.4 is 11.1 Å². The molecule has 2 rings (SSSR count). The molecule has 1 aliphatic rings. The van der Waals surface area contributed by atoms with Crippen molar-refractivity contribution in [3.63, 3.8) is 0 Å². The molecule has 0 aliphatic heterocycles. The van der Waals surface area contributed by atoms with Crippen LogP contribution in [-0.4, -0.2) is 17.0 Å². The molecule has 1 amide bonds. The average Bonchev–Trinajstić information content (AvgIpc) is 2.34. The van der Waals surface area contributed by atoms with Crippen LogP contribution in [0.2, 0.25) is 0 Å². The molecule has 0 heterocycles. The number of amidine groups is 1. The summed E-state index contributed by atoms with van der Waals surface area (Å²) < 4.78 is 38.1. The van der Waals surface area contributed by atoms with E-state index in [1.54, 1.807) is 0 Å². The van der Waals surface area contributed by atoms with Crippen molar-refractivity contribution < 1.29 is 23.2 Å². The molecular formula is C13H14F3N3O2. The third-order valence-electron chi connectivity index (χ3n) is 3.46. The number of carbonyl (C=O) groups is 1. The molecule has 8 heteroatoms. The lowest BCUT2D eigenvalue weighted by Crippen LogP contribution is -2.29. The van der Waals surface area contributed by atoms with Gasteiger partial charge in [0.15, 0.2) is 5.84 Å². The fourth-order valence-corrected chi connectivity index (χ4v) is 2.00. The second kappa shape index (κ2) is 5.63. The predicted octanol–water partition coefficient (Wildman–Crippen LogP) is 2.54. The molecule has 1 fully saturated rings. The van der Waals surface area contributed by atoms with Gasteiger partial charge in [-0.1, -0.05) is 11.6 Å². The maximum Gasteiger partial charge on any atom is 0.416 e. The van der Waals surface area contributed by atoms with Crippen LogP contribution in [-0.2, 0) is 11.0 Å². The van der Waals surface area contributed by atoms with Crippen molar-refractivity contribution in [2.45, 2.75) is 25.4 Å². The highest BCUT2D eigenvalue weighted by molar-refractivity contribution is 6.06. The molecule has 1 aromatic carbocycles. The number of hydrogen-bond acceptors (Lipinski definition) is 3. The topological polar surface area (TPSA) is 87.7 Å². The van der Waals surface area contributed by atoms with Gasteiger partial charge in [-0.15, -0.1) is 0 Å². The van der Waals surface area contributed by atoms with E-state index in [2.05, 4.69) is 10.5 Å². The number of nitrogens with one attached hydrogen (secondary N) is 1. The van der Waals surface area contributed by atoms with Crippen molar-refractivity contribution in [1.82, 2.24) is 0 Å². The molecule has 114 valence electrons. The van der Waals surface area contributed by atoms with E-state index < -0.39 is 17.6 Å². The number of carbonyl (C=O) groups excluding carboxylic acids is 1. The van der Waals surface area contributed by atoms with E-state index in [1.807, 2.05) is 0 Å². The van der Waals surface area contributed by atoms with Gasteiger partial charge in [0, 0.05) is 11.5 Å². The second-order valence-corrected chi connectivity index (χ2v) is 4.86. The smallest absolute Gasteiger partial charge is 0.409 e. The van der Waals surface area contributed by atoms with Crippen molar-refractivity contribution in [3.8, 4) is 0 Å². The Morgan fingerprint density at radius 3 is 2.52 bits per heavy atom. The number of benzene rings is 1. The van der Waals surface area contributed by atoms with Crippen molar-refractivity contribution in [3.05, 3.63) is 29.3 Å². The summed E-state index contributed by atoms with van der Waals surface area (Å²) in [6, 6.07) is 2.68. The zero-order valence-corrected chi connectivity index (χ0v) is 10.9. The number of nitrogens with zero attached hydrogens (tertiary/aromatic N) is 1. The number of rotatable bonds is 3. The summed E-state index contributed by atoms with van der Waals surface area (Å²) in [4.78, 5) is 11.9. The summed E-state index contributed by atoms with van der Waals surface area (Å²) in [6.45, 7) is 0. The Bertz CT molecular complexity index is 581. The van der Waals surface area contributed by atoms with Crippen LogP contribution in [0.5, 0.6) is 0 Å². The van der Waals surface area contributed by atoms with E-state index in [9.17, 15) is 18.0 Å². The molecule has 0 atom stereocenters. The minimum atomic E-state index is -4.55. The largest absolute Gasteiger partial charge is 0.416 e. The third-order valence-corrected chi connectivity index (χ3v) is 3.46. The lowest BCUT2D eigenvalue weighted by atomic mass is 9.84. The molecular weight excluding hydrogens is 287 g/mol. The van der Waals surface area contributed by atoms with Gasteiger partial charge in [-0.25, -0.2) is 0 Å². The fourth-order valence-electron chi connectivity index (χ4n) is 2.00. The van der Waals surface area contributed by atoms with Gasteiger partial charge in [0.05, 0.1) is 11.3 Å². The van der Waals surface area contributed by atoms with Crippen molar-refractivity contribution in [2.75, 3.05) is 5.32 Å². The van der Waals surface area contributed by atoms with Crippen LogP contribution in [0.4, 0.5) is 18.9 Å². The Kier molecular flexibility index (Phi) is 4.06. The normalized spacial score (nSPS) is 16.4. The molecule has 4 N–H and O–H groups in total. The third kappa shape index (κ3) is 3.26. The fraction of sp³-hybridized carbons (Fsp3) is 0.385. The lowest BCUT2D eigenvalue weighted by molar-refractivity contribution is -0.137. The first-order chi connectivity index (χ1) is 9.82. The molecule has 0 saturated heterocycles. The Balaban J connectivity index is 2.33. The average molecular weight is 301 g/mol. The maximum atomic E-state index is 12.7. The van der Waals surface area contributed by atoms with Crippen LogP contribution in [0.25, 0.3) is 0 Å². The molecule has 5 nitrogen and oxygen atoms in total. The van der Waals surface area contributed by atoms with Gasteiger partial charge in [-0.3, -0.25) is 4.79 Å². The Hall–Kier alpha value is -2.25. The van der Waals surface area contributed by atoms with Gasteiger partial charge in [-0.05, 0) is 31.0 Å². The first-order valence-electron chi connectivity index (χ1n) is 6.33. The number of halogens is 3. The van der Waals surface area contributed by atoms with Gasteiger partial charge in [0.1, 0.15) is 0 Å². The number of hydrogen-bond donors (Lipinski definition) is 3. The highest BCUT2D eigenvalue weighted by Crippen LogP contribution is 2.33. The van der Waals surface area contributed by atoms with Crippen LogP contribution in [0.15, 0.2) is 23.4 Å². The number of amides is 1. The van der Waals surface area contributed by atoms with Crippen LogP contribution in [0, 0.1) is 5.92 Å². The van der Waals surface area contributed by atoms with Gasteiger partial charge in [0.25, 0.3) is 0 Å². The minimum Gasteiger partial charge on any atom is -0.409 e. The number of oxime groups is 1. The number of anilines is 1. The molecule has 0 bridgehead atoms. The molecule has 0 spiro atoms. The second-order valence-electron chi connectivity index (χ2n) is 4.86.